The van der Waals surface area contributed by atoms with Crippen molar-refractivity contribution < 1.29 is 19.1 Å². The number of nitrogens with one attached hydrogen (secondary N) is 3. The number of ether oxygens (including phenoxy) is 1. The van der Waals surface area contributed by atoms with E-state index < -0.39 is 12.1 Å². The van der Waals surface area contributed by atoms with Crippen LogP contribution in [0.25, 0.3) is 10.4 Å². The molecular formula is C32H35N5O4S. The molecule has 1 atom stereocenters. The molecular weight excluding hydrogens is 550 g/mol. The average Bonchev–Trinajstić information content (AvgIpc) is 3.53. The van der Waals surface area contributed by atoms with E-state index in [4.69, 9.17) is 10.5 Å². The van der Waals surface area contributed by atoms with Crippen LogP contribution in [0.15, 0.2) is 90.3 Å². The van der Waals surface area contributed by atoms with Crippen molar-refractivity contribution in [2.45, 2.75) is 19.1 Å². The summed E-state index contributed by atoms with van der Waals surface area (Å²) in [6.07, 6.45) is -0.476. The van der Waals surface area contributed by atoms with E-state index in [1.54, 1.807) is 41.7 Å². The third kappa shape index (κ3) is 8.92. The van der Waals surface area contributed by atoms with Gasteiger partial charge in [-0.25, -0.2) is 4.79 Å². The van der Waals surface area contributed by atoms with E-state index in [1.807, 2.05) is 79.0 Å². The maximum Gasteiger partial charge on any atom is 0.408 e. The number of hydrogen-bond acceptors (Lipinski definition) is 7. The summed E-state index contributed by atoms with van der Waals surface area (Å²) in [6, 6.07) is 24.8. The number of hydrogen-bond donors (Lipinski definition) is 4. The molecule has 1 aromatic heterocycles. The fraction of sp³-hybridized carbons (Fsp3) is 0.219. The summed E-state index contributed by atoms with van der Waals surface area (Å²) >= 11 is 1.61. The molecule has 0 aliphatic carbocycles. The number of nitrogens with two attached hydrogens (primary N) is 1. The summed E-state index contributed by atoms with van der Waals surface area (Å²) in [7, 11) is 3.82. The fourth-order valence-electron chi connectivity index (χ4n) is 4.13. The Bertz CT molecular complexity index is 1470. The van der Waals surface area contributed by atoms with E-state index in [0.717, 1.165) is 21.6 Å². The number of nitrogen functional groups attached to an aromatic ring is 1. The minimum atomic E-state index is -0.866. The van der Waals surface area contributed by atoms with Gasteiger partial charge in [0.2, 0.25) is 5.91 Å². The normalized spacial score (nSPS) is 11.5. The van der Waals surface area contributed by atoms with Crippen molar-refractivity contribution in [3.05, 3.63) is 107 Å². The Labute approximate surface area is 249 Å². The third-order valence-corrected chi connectivity index (χ3v) is 7.36. The zero-order chi connectivity index (χ0) is 29.9. The Morgan fingerprint density at radius 2 is 1.69 bits per heavy atom. The standard InChI is InChI=1S/C32H35N5O4S/c1-37(2)17-16-34-31(39)28(36-32(40)41-21-23-7-4-3-5-8-23)19-22-10-12-24(13-11-22)30(38)35-27-20-25(14-15-26(27)33)29-9-6-18-42-29/h3-15,18,20,28H,16-17,19,21,33H2,1-2H3,(H,34,39)(H,35,38)(H,36,40)/t28-/m0/s1. The maximum atomic E-state index is 13.0. The molecule has 4 rings (SSSR count). The SMILES string of the molecule is CN(C)CCNC(=O)[C@H](Cc1ccc(C(=O)Nc2cc(-c3cccs3)ccc2N)cc1)NC(=O)OCc1ccccc1. The predicted octanol–water partition coefficient (Wildman–Crippen LogP) is 4.76. The molecule has 42 heavy (non-hydrogen) atoms. The smallest absolute Gasteiger partial charge is 0.408 e. The zero-order valence-electron chi connectivity index (χ0n) is 23.6. The fourth-order valence-corrected chi connectivity index (χ4v) is 4.85. The molecule has 3 aromatic carbocycles. The summed E-state index contributed by atoms with van der Waals surface area (Å²) < 4.78 is 5.34. The van der Waals surface area contributed by atoms with Crippen molar-refractivity contribution in [3.63, 3.8) is 0 Å². The first-order valence-electron chi connectivity index (χ1n) is 13.5. The molecule has 0 saturated carbocycles. The molecule has 218 valence electrons. The minimum absolute atomic E-state index is 0.0895. The Kier molecular flexibility index (Phi) is 10.7. The highest BCUT2D eigenvalue weighted by molar-refractivity contribution is 7.13. The molecule has 10 heteroatoms. The van der Waals surface area contributed by atoms with Crippen molar-refractivity contribution >= 4 is 40.6 Å². The first kappa shape index (κ1) is 30.3. The second kappa shape index (κ2) is 14.8. The number of carbonyl (C=O) groups excluding carboxylic acids is 3. The zero-order valence-corrected chi connectivity index (χ0v) is 24.4. The quantitative estimate of drug-likeness (QED) is 0.178. The molecule has 1 heterocycles. The van der Waals surface area contributed by atoms with Crippen molar-refractivity contribution in [1.29, 1.82) is 0 Å². The van der Waals surface area contributed by atoms with Crippen LogP contribution in [0.1, 0.15) is 21.5 Å². The third-order valence-electron chi connectivity index (χ3n) is 6.44. The number of likely N-dealkylation sites (N-methyl/N-ethyl adjacent to an activating group) is 1. The highest BCUT2D eigenvalue weighted by Crippen LogP contribution is 2.30. The van der Waals surface area contributed by atoms with Gasteiger partial charge in [-0.3, -0.25) is 9.59 Å². The average molecular weight is 586 g/mol. The molecule has 0 fully saturated rings. The molecule has 9 nitrogen and oxygen atoms in total. The monoisotopic (exact) mass is 585 g/mol. The Hall–Kier alpha value is -4.67. The van der Waals surface area contributed by atoms with Gasteiger partial charge in [0.1, 0.15) is 12.6 Å². The highest BCUT2D eigenvalue weighted by atomic mass is 32.1. The van der Waals surface area contributed by atoms with Crippen LogP contribution in [0, 0.1) is 0 Å². The summed E-state index contributed by atoms with van der Waals surface area (Å²) in [6.45, 7) is 1.17. The molecule has 0 aliphatic heterocycles. The van der Waals surface area contributed by atoms with Gasteiger partial charge in [-0.05, 0) is 66.5 Å². The molecule has 0 radical (unpaired) electrons. The lowest BCUT2D eigenvalue weighted by atomic mass is 10.0. The summed E-state index contributed by atoms with van der Waals surface area (Å²) in [5.74, 6) is -0.631. The van der Waals surface area contributed by atoms with Crippen LogP contribution in [0.5, 0.6) is 0 Å². The summed E-state index contributed by atoms with van der Waals surface area (Å²) in [4.78, 5) is 41.6. The molecule has 3 amide bonds. The number of nitrogens with zero attached hydrogens (tertiary/aromatic N) is 1. The number of benzene rings is 3. The van der Waals surface area contributed by atoms with Crippen molar-refractivity contribution in [3.8, 4) is 10.4 Å². The van der Waals surface area contributed by atoms with Crippen molar-refractivity contribution in [2.24, 2.45) is 0 Å². The summed E-state index contributed by atoms with van der Waals surface area (Å²) in [5.41, 5.74) is 10.1. The van der Waals surface area contributed by atoms with Crippen LogP contribution >= 0.6 is 11.3 Å². The number of thiophene rings is 1. The van der Waals surface area contributed by atoms with E-state index >= 15 is 0 Å². The van der Waals surface area contributed by atoms with E-state index in [2.05, 4.69) is 16.0 Å². The van der Waals surface area contributed by atoms with Gasteiger partial charge in [-0.15, -0.1) is 11.3 Å². The first-order chi connectivity index (χ1) is 20.3. The minimum Gasteiger partial charge on any atom is -0.445 e. The number of carbonyl (C=O) groups is 3. The van der Waals surface area contributed by atoms with Gasteiger partial charge < -0.3 is 31.3 Å². The number of amides is 3. The number of anilines is 2. The highest BCUT2D eigenvalue weighted by Gasteiger charge is 2.22. The van der Waals surface area contributed by atoms with Gasteiger partial charge in [0, 0.05) is 30.0 Å². The largest absolute Gasteiger partial charge is 0.445 e. The topological polar surface area (TPSA) is 126 Å². The van der Waals surface area contributed by atoms with Gasteiger partial charge >= 0.3 is 6.09 Å². The molecule has 4 aromatic rings. The van der Waals surface area contributed by atoms with Gasteiger partial charge in [0.15, 0.2) is 0 Å². The van der Waals surface area contributed by atoms with Crippen molar-refractivity contribution in [1.82, 2.24) is 15.5 Å². The molecule has 0 aliphatic rings. The number of alkyl carbamates (subject to hydrolysis) is 1. The van der Waals surface area contributed by atoms with Crippen LogP contribution in [0.3, 0.4) is 0 Å². The molecule has 0 bridgehead atoms. The van der Waals surface area contributed by atoms with Gasteiger partial charge in [0.25, 0.3) is 5.91 Å². The van der Waals surface area contributed by atoms with Crippen LogP contribution in [-0.2, 0) is 22.6 Å². The molecule has 5 N–H and O–H groups in total. The van der Waals surface area contributed by atoms with Crippen LogP contribution < -0.4 is 21.7 Å². The van der Waals surface area contributed by atoms with Crippen LogP contribution in [0.2, 0.25) is 0 Å². The predicted molar refractivity (Wildman–Crippen MR) is 167 cm³/mol. The van der Waals surface area contributed by atoms with Crippen LogP contribution in [-0.4, -0.2) is 56.0 Å². The van der Waals surface area contributed by atoms with Gasteiger partial charge in [0.05, 0.1) is 11.4 Å². The van der Waals surface area contributed by atoms with E-state index in [-0.39, 0.29) is 24.8 Å². The Balaban J connectivity index is 1.40. The van der Waals surface area contributed by atoms with Crippen molar-refractivity contribution in [2.75, 3.05) is 38.2 Å². The second-order valence-corrected chi connectivity index (χ2v) is 10.9. The lowest BCUT2D eigenvalue weighted by molar-refractivity contribution is -0.123. The molecule has 0 saturated heterocycles. The van der Waals surface area contributed by atoms with Crippen LogP contribution in [0.4, 0.5) is 16.2 Å². The second-order valence-electron chi connectivity index (χ2n) is 9.99. The lowest BCUT2D eigenvalue weighted by Gasteiger charge is -2.19. The lowest BCUT2D eigenvalue weighted by Crippen LogP contribution is -2.49. The molecule has 0 unspecified atom stereocenters. The first-order valence-corrected chi connectivity index (χ1v) is 14.4. The van der Waals surface area contributed by atoms with E-state index in [1.165, 1.54) is 0 Å². The Morgan fingerprint density at radius 3 is 2.38 bits per heavy atom. The Morgan fingerprint density at radius 1 is 0.929 bits per heavy atom. The number of rotatable bonds is 12. The van der Waals surface area contributed by atoms with Gasteiger partial charge in [-0.2, -0.15) is 0 Å². The summed E-state index contributed by atoms with van der Waals surface area (Å²) in [5, 5.41) is 10.4. The van der Waals surface area contributed by atoms with Gasteiger partial charge in [-0.1, -0.05) is 54.6 Å². The van der Waals surface area contributed by atoms with E-state index in [9.17, 15) is 14.4 Å². The van der Waals surface area contributed by atoms with E-state index in [0.29, 0.717) is 30.0 Å². The maximum absolute atomic E-state index is 13.0. The molecule has 0 spiro atoms.